The number of carbonyl (C=O) groups excluding carboxylic acids is 1. The number of hydrogen-bond donors (Lipinski definition) is 2. The van der Waals surface area contributed by atoms with E-state index in [2.05, 4.69) is 45.0 Å². The van der Waals surface area contributed by atoms with Gasteiger partial charge in [0.25, 0.3) is 11.9 Å². The monoisotopic (exact) mass is 385 g/mol. The molecule has 2 aromatic carbocycles. The van der Waals surface area contributed by atoms with Crippen molar-refractivity contribution in [2.75, 3.05) is 10.6 Å². The molecular weight excluding hydrogens is 366 g/mol. The highest BCUT2D eigenvalue weighted by Crippen LogP contribution is 2.38. The van der Waals surface area contributed by atoms with Crippen LogP contribution in [0.4, 0.5) is 11.9 Å². The van der Waals surface area contributed by atoms with Crippen molar-refractivity contribution < 1.29 is 9.21 Å². The number of furan rings is 1. The molecule has 0 aliphatic carbocycles. The Hall–Kier alpha value is -3.87. The maximum absolute atomic E-state index is 12.3. The van der Waals surface area contributed by atoms with Gasteiger partial charge in [-0.2, -0.15) is 4.98 Å². The quantitative estimate of drug-likeness (QED) is 0.548. The van der Waals surface area contributed by atoms with Crippen molar-refractivity contribution in [2.24, 2.45) is 0 Å². The maximum Gasteiger partial charge on any atom is 0.293 e. The summed E-state index contributed by atoms with van der Waals surface area (Å²) in [6.07, 6.45) is 2.27. The fraction of sp³-hybridized carbons (Fsp3) is 0.136. The average molecular weight is 385 g/mol. The van der Waals surface area contributed by atoms with Crippen LogP contribution in [0.1, 0.15) is 40.2 Å². The fourth-order valence-corrected chi connectivity index (χ4v) is 3.66. The van der Waals surface area contributed by atoms with Crippen molar-refractivity contribution >= 4 is 17.8 Å². The summed E-state index contributed by atoms with van der Waals surface area (Å²) in [5.74, 6) is 0.693. The van der Waals surface area contributed by atoms with E-state index in [1.54, 1.807) is 12.1 Å². The van der Waals surface area contributed by atoms with E-state index in [9.17, 15) is 4.79 Å². The van der Waals surface area contributed by atoms with Crippen molar-refractivity contribution in [3.63, 3.8) is 0 Å². The molecule has 29 heavy (non-hydrogen) atoms. The lowest BCUT2D eigenvalue weighted by Crippen LogP contribution is -2.28. The zero-order valence-corrected chi connectivity index (χ0v) is 15.5. The number of nitrogens with one attached hydrogen (secondary N) is 2. The first kappa shape index (κ1) is 17.2. The van der Waals surface area contributed by atoms with Gasteiger partial charge in [-0.05, 0) is 29.7 Å². The van der Waals surface area contributed by atoms with E-state index in [-0.39, 0.29) is 29.7 Å². The number of fused-ring (bicyclic) bond motifs is 1. The first-order valence-electron chi connectivity index (χ1n) is 9.46. The second-order valence-corrected chi connectivity index (χ2v) is 6.90. The van der Waals surface area contributed by atoms with Crippen molar-refractivity contribution in [3.8, 4) is 0 Å². The van der Waals surface area contributed by atoms with Crippen LogP contribution in [0.15, 0.2) is 83.5 Å². The van der Waals surface area contributed by atoms with E-state index < -0.39 is 0 Å². The van der Waals surface area contributed by atoms with E-state index >= 15 is 0 Å². The smallest absolute Gasteiger partial charge is 0.293 e. The molecule has 2 N–H and O–H groups in total. The number of nitrogens with zero attached hydrogens (tertiary/aromatic N) is 3. The minimum absolute atomic E-state index is 0.000536. The molecule has 0 unspecified atom stereocenters. The summed E-state index contributed by atoms with van der Waals surface area (Å²) in [6, 6.07) is 23.8. The van der Waals surface area contributed by atoms with Gasteiger partial charge in [-0.25, -0.2) is 4.68 Å². The number of hydrogen-bond acceptors (Lipinski definition) is 5. The van der Waals surface area contributed by atoms with Crippen molar-refractivity contribution in [1.29, 1.82) is 0 Å². The number of anilines is 2. The van der Waals surface area contributed by atoms with Gasteiger partial charge in [0.2, 0.25) is 5.95 Å². The van der Waals surface area contributed by atoms with Crippen LogP contribution in [0.25, 0.3) is 0 Å². The number of aromatic nitrogens is 3. The molecule has 0 saturated heterocycles. The van der Waals surface area contributed by atoms with Crippen LogP contribution in [0.2, 0.25) is 0 Å². The third-order valence-corrected chi connectivity index (χ3v) is 5.05. The third kappa shape index (κ3) is 3.38. The molecule has 144 valence electrons. The molecular formula is C22H19N5O2. The van der Waals surface area contributed by atoms with Crippen LogP contribution in [-0.2, 0) is 0 Å². The summed E-state index contributed by atoms with van der Waals surface area (Å²) in [7, 11) is 0. The van der Waals surface area contributed by atoms with Crippen molar-refractivity contribution in [1.82, 2.24) is 14.8 Å². The molecule has 0 bridgehead atoms. The minimum atomic E-state index is -0.381. The molecule has 5 rings (SSSR count). The third-order valence-electron chi connectivity index (χ3n) is 5.05. The molecule has 2 atom stereocenters. The van der Waals surface area contributed by atoms with Gasteiger partial charge in [0.15, 0.2) is 5.76 Å². The Labute approximate surface area is 167 Å². The first-order chi connectivity index (χ1) is 14.3. The normalized spacial score (nSPS) is 17.9. The summed E-state index contributed by atoms with van der Waals surface area (Å²) in [5, 5.41) is 10.7. The maximum atomic E-state index is 12.3. The van der Waals surface area contributed by atoms with Crippen molar-refractivity contribution in [3.05, 3.63) is 95.9 Å². The van der Waals surface area contributed by atoms with Crippen LogP contribution in [0, 0.1) is 0 Å². The van der Waals surface area contributed by atoms with E-state index in [4.69, 9.17) is 4.42 Å². The Morgan fingerprint density at radius 1 is 1.00 bits per heavy atom. The zero-order chi connectivity index (χ0) is 19.6. The van der Waals surface area contributed by atoms with Crippen LogP contribution in [0.5, 0.6) is 0 Å². The lowest BCUT2D eigenvalue weighted by atomic mass is 9.93. The molecule has 3 heterocycles. The van der Waals surface area contributed by atoms with Gasteiger partial charge in [0.1, 0.15) is 0 Å². The molecule has 1 aliphatic heterocycles. The molecule has 1 amide bonds. The van der Waals surface area contributed by atoms with E-state index in [1.165, 1.54) is 11.8 Å². The van der Waals surface area contributed by atoms with Crippen molar-refractivity contribution in [2.45, 2.75) is 18.5 Å². The van der Waals surface area contributed by atoms with Gasteiger partial charge in [0.05, 0.1) is 18.3 Å². The lowest BCUT2D eigenvalue weighted by Gasteiger charge is -2.31. The summed E-state index contributed by atoms with van der Waals surface area (Å²) < 4.78 is 6.98. The Bertz CT molecular complexity index is 1110. The van der Waals surface area contributed by atoms with Gasteiger partial charge in [-0.3, -0.25) is 10.1 Å². The van der Waals surface area contributed by atoms with Gasteiger partial charge >= 0.3 is 0 Å². The Kier molecular flexibility index (Phi) is 4.32. The lowest BCUT2D eigenvalue weighted by molar-refractivity contribution is 0.0995. The molecule has 1 aliphatic rings. The van der Waals surface area contributed by atoms with Gasteiger partial charge < -0.3 is 9.73 Å². The van der Waals surface area contributed by atoms with E-state index in [1.807, 2.05) is 41.1 Å². The Balaban J connectivity index is 1.49. The van der Waals surface area contributed by atoms with Crippen LogP contribution in [0.3, 0.4) is 0 Å². The second-order valence-electron chi connectivity index (χ2n) is 6.90. The molecule has 7 nitrogen and oxygen atoms in total. The number of benzene rings is 2. The summed E-state index contributed by atoms with van der Waals surface area (Å²) in [5.41, 5.74) is 2.33. The molecule has 4 aromatic rings. The molecule has 7 heteroatoms. The van der Waals surface area contributed by atoms with Gasteiger partial charge in [-0.1, -0.05) is 60.7 Å². The van der Waals surface area contributed by atoms with Crippen LogP contribution >= 0.6 is 0 Å². The van der Waals surface area contributed by atoms with Crippen LogP contribution in [-0.4, -0.2) is 20.7 Å². The topological polar surface area (TPSA) is 85.0 Å². The minimum Gasteiger partial charge on any atom is -0.459 e. The summed E-state index contributed by atoms with van der Waals surface area (Å²) >= 11 is 0. The average Bonchev–Trinajstić information content (AvgIpc) is 3.44. The Morgan fingerprint density at radius 3 is 2.41 bits per heavy atom. The van der Waals surface area contributed by atoms with Crippen LogP contribution < -0.4 is 10.6 Å². The van der Waals surface area contributed by atoms with E-state index in [0.29, 0.717) is 5.95 Å². The predicted molar refractivity (Wildman–Crippen MR) is 109 cm³/mol. The first-order valence-corrected chi connectivity index (χ1v) is 9.46. The van der Waals surface area contributed by atoms with Gasteiger partial charge in [0, 0.05) is 0 Å². The highest BCUT2D eigenvalue weighted by Gasteiger charge is 2.31. The molecule has 0 spiro atoms. The summed E-state index contributed by atoms with van der Waals surface area (Å²) in [6.45, 7) is 0. The second kappa shape index (κ2) is 7.27. The standard InChI is InChI=1S/C22H19N5O2/c28-20(19-12-7-13-29-19)24-21-25-22-23-17(15-8-3-1-4-9-15)14-18(27(22)26-21)16-10-5-2-6-11-16/h1-13,17-18H,14H2,(H2,23,24,25,26,28)/t17-,18-/m0/s1. The molecule has 2 aromatic heterocycles. The highest BCUT2D eigenvalue weighted by atomic mass is 16.3. The number of carbonyl (C=O) groups is 1. The SMILES string of the molecule is O=C(Nc1nc2n(n1)[C@H](c1ccccc1)C[C@@H](c1ccccc1)N2)c1ccco1. The zero-order valence-electron chi connectivity index (χ0n) is 15.5. The summed E-state index contributed by atoms with van der Waals surface area (Å²) in [4.78, 5) is 16.8. The largest absolute Gasteiger partial charge is 0.459 e. The molecule has 0 radical (unpaired) electrons. The number of amides is 1. The highest BCUT2D eigenvalue weighted by molar-refractivity contribution is 6.01. The van der Waals surface area contributed by atoms with Gasteiger partial charge in [-0.15, -0.1) is 5.10 Å². The predicted octanol–water partition coefficient (Wildman–Crippen LogP) is 4.27. The molecule has 0 fully saturated rings. The number of rotatable bonds is 4. The fourth-order valence-electron chi connectivity index (χ4n) is 3.66. The van der Waals surface area contributed by atoms with E-state index in [0.717, 1.165) is 12.0 Å². The Morgan fingerprint density at radius 2 is 1.72 bits per heavy atom. The molecule has 0 saturated carbocycles.